The van der Waals surface area contributed by atoms with Crippen molar-refractivity contribution in [1.29, 1.82) is 0 Å². The molecule has 2 atom stereocenters. The molecule has 1 amide bonds. The molecule has 0 fully saturated rings. The summed E-state index contributed by atoms with van der Waals surface area (Å²) in [5.74, 6) is 0.851. The summed E-state index contributed by atoms with van der Waals surface area (Å²) in [5, 5.41) is 3.05. The molecule has 2 unspecified atom stereocenters. The quantitative estimate of drug-likeness (QED) is 0.805. The third-order valence-electron chi connectivity index (χ3n) is 3.50. The van der Waals surface area contributed by atoms with Crippen LogP contribution in [0.3, 0.4) is 0 Å². The van der Waals surface area contributed by atoms with Gasteiger partial charge in [0.2, 0.25) is 5.91 Å². The van der Waals surface area contributed by atoms with Crippen LogP contribution in [0.2, 0.25) is 0 Å². The van der Waals surface area contributed by atoms with Crippen molar-refractivity contribution in [3.63, 3.8) is 0 Å². The van der Waals surface area contributed by atoms with E-state index < -0.39 is 0 Å². The molecule has 0 aromatic heterocycles. The fourth-order valence-corrected chi connectivity index (χ4v) is 2.18. The third kappa shape index (κ3) is 4.53. The molecule has 3 N–H and O–H groups in total. The van der Waals surface area contributed by atoms with Gasteiger partial charge in [-0.2, -0.15) is 0 Å². The minimum absolute atomic E-state index is 0.0168. The van der Waals surface area contributed by atoms with Crippen LogP contribution in [0, 0.1) is 12.8 Å². The fraction of sp³-hybridized carbons (Fsp3) is 0.562. The summed E-state index contributed by atoms with van der Waals surface area (Å²) in [4.78, 5) is 12.1. The van der Waals surface area contributed by atoms with E-state index in [1.165, 1.54) is 0 Å². The SMILES string of the molecule is COc1ccc(C)cc1C(C)NC(=O)C(C)CCCN. The lowest BCUT2D eigenvalue weighted by atomic mass is 10.0. The molecule has 0 saturated heterocycles. The molecule has 0 aliphatic heterocycles. The standard InChI is InChI=1S/C16H26N2O2/c1-11-7-8-15(20-4)14(10-11)13(3)18-16(19)12(2)6-5-9-17/h7-8,10,12-13H,5-6,9,17H2,1-4H3,(H,18,19). The Morgan fingerprint density at radius 1 is 1.40 bits per heavy atom. The zero-order valence-corrected chi connectivity index (χ0v) is 12.9. The van der Waals surface area contributed by atoms with Crippen molar-refractivity contribution in [1.82, 2.24) is 5.32 Å². The van der Waals surface area contributed by atoms with Gasteiger partial charge in [0.15, 0.2) is 0 Å². The normalized spacial score (nSPS) is 13.7. The van der Waals surface area contributed by atoms with E-state index in [0.29, 0.717) is 6.54 Å². The highest BCUT2D eigenvalue weighted by Gasteiger charge is 2.18. The van der Waals surface area contributed by atoms with Crippen LogP contribution in [0.4, 0.5) is 0 Å². The van der Waals surface area contributed by atoms with Crippen molar-refractivity contribution >= 4 is 5.91 Å². The minimum Gasteiger partial charge on any atom is -0.496 e. The summed E-state index contributed by atoms with van der Waals surface area (Å²) in [5.41, 5.74) is 7.63. The van der Waals surface area contributed by atoms with Crippen molar-refractivity contribution in [2.45, 2.75) is 39.7 Å². The maximum Gasteiger partial charge on any atom is 0.223 e. The first-order valence-corrected chi connectivity index (χ1v) is 7.14. The van der Waals surface area contributed by atoms with Gasteiger partial charge in [-0.25, -0.2) is 0 Å². The summed E-state index contributed by atoms with van der Waals surface area (Å²) in [7, 11) is 1.65. The van der Waals surface area contributed by atoms with E-state index in [1.54, 1.807) is 7.11 Å². The van der Waals surface area contributed by atoms with Crippen LogP contribution >= 0.6 is 0 Å². The van der Waals surface area contributed by atoms with Gasteiger partial charge in [-0.1, -0.05) is 24.6 Å². The van der Waals surface area contributed by atoms with E-state index in [9.17, 15) is 4.79 Å². The van der Waals surface area contributed by atoms with E-state index >= 15 is 0 Å². The number of ether oxygens (including phenoxy) is 1. The van der Waals surface area contributed by atoms with Gasteiger partial charge in [-0.15, -0.1) is 0 Å². The van der Waals surface area contributed by atoms with Crippen LogP contribution in [0.25, 0.3) is 0 Å². The molecule has 0 bridgehead atoms. The fourth-order valence-electron chi connectivity index (χ4n) is 2.18. The number of hydrogen-bond acceptors (Lipinski definition) is 3. The number of hydrogen-bond donors (Lipinski definition) is 2. The Balaban J connectivity index is 2.73. The Morgan fingerprint density at radius 3 is 2.70 bits per heavy atom. The number of methoxy groups -OCH3 is 1. The summed E-state index contributed by atoms with van der Waals surface area (Å²) < 4.78 is 5.36. The smallest absolute Gasteiger partial charge is 0.223 e. The molecule has 0 radical (unpaired) electrons. The number of amides is 1. The van der Waals surface area contributed by atoms with Crippen molar-refractivity contribution < 1.29 is 9.53 Å². The van der Waals surface area contributed by atoms with Gasteiger partial charge in [0, 0.05) is 11.5 Å². The van der Waals surface area contributed by atoms with Crippen molar-refractivity contribution in [3.05, 3.63) is 29.3 Å². The summed E-state index contributed by atoms with van der Waals surface area (Å²) in [6.07, 6.45) is 1.69. The lowest BCUT2D eigenvalue weighted by Crippen LogP contribution is -2.32. The first kappa shape index (κ1) is 16.5. The van der Waals surface area contributed by atoms with Gasteiger partial charge in [-0.05, 0) is 39.3 Å². The second-order valence-electron chi connectivity index (χ2n) is 5.31. The van der Waals surface area contributed by atoms with Gasteiger partial charge in [0.05, 0.1) is 13.2 Å². The zero-order chi connectivity index (χ0) is 15.1. The number of aryl methyl sites for hydroxylation is 1. The zero-order valence-electron chi connectivity index (χ0n) is 12.9. The molecule has 4 nitrogen and oxygen atoms in total. The van der Waals surface area contributed by atoms with Gasteiger partial charge >= 0.3 is 0 Å². The maximum absolute atomic E-state index is 12.1. The average molecular weight is 278 g/mol. The number of nitrogens with one attached hydrogen (secondary N) is 1. The van der Waals surface area contributed by atoms with Gasteiger partial charge in [0.1, 0.15) is 5.75 Å². The highest BCUT2D eigenvalue weighted by molar-refractivity contribution is 5.78. The maximum atomic E-state index is 12.1. The third-order valence-corrected chi connectivity index (χ3v) is 3.50. The first-order valence-electron chi connectivity index (χ1n) is 7.14. The van der Waals surface area contributed by atoms with E-state index in [2.05, 4.69) is 5.32 Å². The largest absolute Gasteiger partial charge is 0.496 e. The predicted octanol–water partition coefficient (Wildman–Crippen LogP) is 2.56. The van der Waals surface area contributed by atoms with Crippen LogP contribution in [-0.2, 0) is 4.79 Å². The van der Waals surface area contributed by atoms with Crippen LogP contribution in [-0.4, -0.2) is 19.6 Å². The first-order chi connectivity index (χ1) is 9.49. The molecule has 20 heavy (non-hydrogen) atoms. The molecule has 0 aliphatic carbocycles. The number of nitrogens with two attached hydrogens (primary N) is 1. The molecule has 4 heteroatoms. The van der Waals surface area contributed by atoms with Gasteiger partial charge in [0.25, 0.3) is 0 Å². The molecule has 0 aliphatic rings. The monoisotopic (exact) mass is 278 g/mol. The Hall–Kier alpha value is -1.55. The molecule has 0 saturated carbocycles. The molecular weight excluding hydrogens is 252 g/mol. The minimum atomic E-state index is -0.0716. The van der Waals surface area contributed by atoms with Crippen molar-refractivity contribution in [3.8, 4) is 5.75 Å². The molecule has 0 spiro atoms. The average Bonchev–Trinajstić information content (AvgIpc) is 2.44. The Bertz CT molecular complexity index is 446. The summed E-state index contributed by atoms with van der Waals surface area (Å²) in [6.45, 7) is 6.57. The summed E-state index contributed by atoms with van der Waals surface area (Å²) in [6, 6.07) is 5.91. The van der Waals surface area contributed by atoms with Crippen molar-refractivity contribution in [2.75, 3.05) is 13.7 Å². The van der Waals surface area contributed by atoms with Crippen LogP contribution in [0.5, 0.6) is 5.75 Å². The molecule has 112 valence electrons. The van der Waals surface area contributed by atoms with E-state index in [0.717, 1.165) is 29.7 Å². The highest BCUT2D eigenvalue weighted by Crippen LogP contribution is 2.26. The van der Waals surface area contributed by atoms with E-state index in [4.69, 9.17) is 10.5 Å². The van der Waals surface area contributed by atoms with Crippen LogP contribution in [0.1, 0.15) is 43.9 Å². The van der Waals surface area contributed by atoms with Crippen LogP contribution in [0.15, 0.2) is 18.2 Å². The Kier molecular flexibility index (Phi) is 6.52. The Labute approximate surface area is 121 Å². The molecule has 0 heterocycles. The lowest BCUT2D eigenvalue weighted by molar-refractivity contribution is -0.125. The van der Waals surface area contributed by atoms with Gasteiger partial charge < -0.3 is 15.8 Å². The second-order valence-corrected chi connectivity index (χ2v) is 5.31. The predicted molar refractivity (Wildman–Crippen MR) is 81.7 cm³/mol. The number of benzene rings is 1. The molecule has 1 aromatic rings. The van der Waals surface area contributed by atoms with E-state index in [1.807, 2.05) is 39.0 Å². The van der Waals surface area contributed by atoms with Crippen LogP contribution < -0.4 is 15.8 Å². The molecular formula is C16H26N2O2. The molecule has 1 rings (SSSR count). The summed E-state index contributed by atoms with van der Waals surface area (Å²) >= 11 is 0. The topological polar surface area (TPSA) is 64.3 Å². The number of rotatable bonds is 7. The van der Waals surface area contributed by atoms with E-state index in [-0.39, 0.29) is 17.9 Å². The lowest BCUT2D eigenvalue weighted by Gasteiger charge is -2.20. The molecule has 1 aromatic carbocycles. The second kappa shape index (κ2) is 7.90. The van der Waals surface area contributed by atoms with Crippen molar-refractivity contribution in [2.24, 2.45) is 11.7 Å². The van der Waals surface area contributed by atoms with Gasteiger partial charge in [-0.3, -0.25) is 4.79 Å². The highest BCUT2D eigenvalue weighted by atomic mass is 16.5. The number of carbonyl (C=O) groups is 1. The number of carbonyl (C=O) groups excluding carboxylic acids is 1. The Morgan fingerprint density at radius 2 is 2.10 bits per heavy atom.